The lowest BCUT2D eigenvalue weighted by atomic mass is 9.97. The molecule has 0 saturated carbocycles. The molecule has 2 nitrogen and oxygen atoms in total. The highest BCUT2D eigenvalue weighted by Gasteiger charge is 2.21. The minimum absolute atomic E-state index is 0.214. The van der Waals surface area contributed by atoms with E-state index in [1.165, 1.54) is 0 Å². The van der Waals surface area contributed by atoms with Gasteiger partial charge in [0.2, 0.25) is 0 Å². The molecular weight excluding hydrogens is 188 g/mol. The molecule has 0 fully saturated rings. The van der Waals surface area contributed by atoms with Crippen molar-refractivity contribution in [3.8, 4) is 0 Å². The van der Waals surface area contributed by atoms with E-state index in [-0.39, 0.29) is 6.10 Å². The van der Waals surface area contributed by atoms with Crippen molar-refractivity contribution in [2.75, 3.05) is 7.11 Å². The molecule has 0 amide bonds. The van der Waals surface area contributed by atoms with Gasteiger partial charge in [-0.25, -0.2) is 0 Å². The second-order valence-electron chi connectivity index (χ2n) is 4.26. The summed E-state index contributed by atoms with van der Waals surface area (Å²) in [6.07, 6.45) is 0.110. The van der Waals surface area contributed by atoms with Crippen LogP contribution in [-0.4, -0.2) is 18.3 Å². The first-order valence-electron chi connectivity index (χ1n) is 5.41. The van der Waals surface area contributed by atoms with Crippen LogP contribution in [0.3, 0.4) is 0 Å². The summed E-state index contributed by atoms with van der Waals surface area (Å²) in [7, 11) is 1.64. The minimum Gasteiger partial charge on any atom is -0.390 e. The summed E-state index contributed by atoms with van der Waals surface area (Å²) in [5.41, 5.74) is 1.04. The zero-order valence-corrected chi connectivity index (χ0v) is 9.68. The molecule has 0 aliphatic rings. The molecule has 1 aromatic carbocycles. The van der Waals surface area contributed by atoms with Gasteiger partial charge in [-0.2, -0.15) is 0 Å². The molecule has 1 N–H and O–H groups in total. The SMILES string of the molecule is COC(c1ccccc1)C(O)CC(C)C. The van der Waals surface area contributed by atoms with Crippen molar-refractivity contribution < 1.29 is 9.84 Å². The average molecular weight is 208 g/mol. The highest BCUT2D eigenvalue weighted by atomic mass is 16.5. The summed E-state index contributed by atoms with van der Waals surface area (Å²) in [5, 5.41) is 10.0. The van der Waals surface area contributed by atoms with E-state index < -0.39 is 6.10 Å². The Morgan fingerprint density at radius 3 is 2.27 bits per heavy atom. The lowest BCUT2D eigenvalue weighted by Crippen LogP contribution is -2.22. The number of benzene rings is 1. The first kappa shape index (κ1) is 12.2. The fourth-order valence-corrected chi connectivity index (χ4v) is 1.76. The zero-order chi connectivity index (χ0) is 11.3. The molecule has 2 heteroatoms. The van der Waals surface area contributed by atoms with Crippen molar-refractivity contribution in [2.45, 2.75) is 32.5 Å². The van der Waals surface area contributed by atoms with E-state index in [1.807, 2.05) is 30.3 Å². The Morgan fingerprint density at radius 1 is 1.20 bits per heavy atom. The van der Waals surface area contributed by atoms with Crippen molar-refractivity contribution in [3.63, 3.8) is 0 Å². The van der Waals surface area contributed by atoms with Gasteiger partial charge in [-0.1, -0.05) is 44.2 Å². The molecule has 0 heterocycles. The quantitative estimate of drug-likeness (QED) is 0.806. The predicted molar refractivity (Wildman–Crippen MR) is 61.7 cm³/mol. The number of hydrogen-bond donors (Lipinski definition) is 1. The van der Waals surface area contributed by atoms with Gasteiger partial charge in [0.15, 0.2) is 0 Å². The van der Waals surface area contributed by atoms with Gasteiger partial charge in [0.1, 0.15) is 6.10 Å². The third-order valence-electron chi connectivity index (χ3n) is 2.44. The van der Waals surface area contributed by atoms with Crippen LogP contribution in [0.25, 0.3) is 0 Å². The molecule has 0 spiro atoms. The largest absolute Gasteiger partial charge is 0.390 e. The molecule has 0 aliphatic carbocycles. The molecular formula is C13H20O2. The Bertz CT molecular complexity index is 269. The molecule has 0 aromatic heterocycles. The zero-order valence-electron chi connectivity index (χ0n) is 9.68. The summed E-state index contributed by atoms with van der Waals surface area (Å²) >= 11 is 0. The van der Waals surface area contributed by atoms with Crippen LogP contribution in [-0.2, 0) is 4.74 Å². The molecule has 0 aliphatic heterocycles. The van der Waals surface area contributed by atoms with Crippen molar-refractivity contribution in [1.82, 2.24) is 0 Å². The Labute approximate surface area is 91.9 Å². The standard InChI is InChI=1S/C13H20O2/c1-10(2)9-12(14)13(15-3)11-7-5-4-6-8-11/h4-8,10,12-14H,9H2,1-3H3. The van der Waals surface area contributed by atoms with Crippen LogP contribution in [0.4, 0.5) is 0 Å². The lowest BCUT2D eigenvalue weighted by molar-refractivity contribution is -0.0227. The van der Waals surface area contributed by atoms with E-state index in [9.17, 15) is 5.11 Å². The van der Waals surface area contributed by atoms with Gasteiger partial charge in [-0.3, -0.25) is 0 Å². The van der Waals surface area contributed by atoms with Crippen LogP contribution in [0.15, 0.2) is 30.3 Å². The van der Waals surface area contributed by atoms with Gasteiger partial charge in [0.05, 0.1) is 6.10 Å². The predicted octanol–water partition coefficient (Wildman–Crippen LogP) is 2.78. The second-order valence-corrected chi connectivity index (χ2v) is 4.26. The number of rotatable bonds is 5. The summed E-state index contributed by atoms with van der Waals surface area (Å²) in [6, 6.07) is 9.85. The molecule has 2 unspecified atom stereocenters. The molecule has 0 saturated heterocycles. The van der Waals surface area contributed by atoms with Crippen LogP contribution >= 0.6 is 0 Å². The van der Waals surface area contributed by atoms with Gasteiger partial charge in [-0.05, 0) is 17.9 Å². The van der Waals surface area contributed by atoms with Crippen molar-refractivity contribution in [3.05, 3.63) is 35.9 Å². The normalized spacial score (nSPS) is 15.3. The molecule has 84 valence electrons. The van der Waals surface area contributed by atoms with Crippen molar-refractivity contribution in [2.24, 2.45) is 5.92 Å². The lowest BCUT2D eigenvalue weighted by Gasteiger charge is -2.23. The monoisotopic (exact) mass is 208 g/mol. The molecule has 15 heavy (non-hydrogen) atoms. The molecule has 0 bridgehead atoms. The first-order valence-corrected chi connectivity index (χ1v) is 5.41. The van der Waals surface area contributed by atoms with Gasteiger partial charge in [0.25, 0.3) is 0 Å². The Morgan fingerprint density at radius 2 is 1.80 bits per heavy atom. The van der Waals surface area contributed by atoms with E-state index in [1.54, 1.807) is 7.11 Å². The van der Waals surface area contributed by atoms with Gasteiger partial charge in [0, 0.05) is 7.11 Å². The fraction of sp³-hybridized carbons (Fsp3) is 0.538. The summed E-state index contributed by atoms with van der Waals surface area (Å²) < 4.78 is 5.35. The highest BCUT2D eigenvalue weighted by molar-refractivity contribution is 5.18. The molecule has 1 rings (SSSR count). The molecule has 2 atom stereocenters. The van der Waals surface area contributed by atoms with Gasteiger partial charge < -0.3 is 9.84 Å². The number of aliphatic hydroxyl groups excluding tert-OH is 1. The number of aliphatic hydroxyl groups is 1. The van der Waals surface area contributed by atoms with Crippen LogP contribution in [0.1, 0.15) is 31.9 Å². The second kappa shape index (κ2) is 5.89. The number of ether oxygens (including phenoxy) is 1. The first-order chi connectivity index (χ1) is 7.15. The Balaban J connectivity index is 2.71. The highest BCUT2D eigenvalue weighted by Crippen LogP contribution is 2.24. The topological polar surface area (TPSA) is 29.5 Å². The minimum atomic E-state index is -0.433. The number of hydrogen-bond acceptors (Lipinski definition) is 2. The maximum Gasteiger partial charge on any atom is 0.108 e. The average Bonchev–Trinajstić information content (AvgIpc) is 2.19. The maximum absolute atomic E-state index is 10.0. The van der Waals surface area contributed by atoms with Gasteiger partial charge in [-0.15, -0.1) is 0 Å². The third kappa shape index (κ3) is 3.65. The fourth-order valence-electron chi connectivity index (χ4n) is 1.76. The third-order valence-corrected chi connectivity index (χ3v) is 2.44. The summed E-state index contributed by atoms with van der Waals surface area (Å²) in [4.78, 5) is 0. The van der Waals surface area contributed by atoms with Crippen LogP contribution in [0.5, 0.6) is 0 Å². The van der Waals surface area contributed by atoms with E-state index in [0.717, 1.165) is 12.0 Å². The molecule has 1 aromatic rings. The van der Waals surface area contributed by atoms with E-state index in [2.05, 4.69) is 13.8 Å². The summed E-state index contributed by atoms with van der Waals surface area (Å²) in [5.74, 6) is 0.473. The van der Waals surface area contributed by atoms with Crippen LogP contribution in [0.2, 0.25) is 0 Å². The summed E-state index contributed by atoms with van der Waals surface area (Å²) in [6.45, 7) is 4.20. The van der Waals surface area contributed by atoms with Crippen molar-refractivity contribution >= 4 is 0 Å². The Kier molecular flexibility index (Phi) is 4.79. The van der Waals surface area contributed by atoms with Crippen molar-refractivity contribution in [1.29, 1.82) is 0 Å². The Hall–Kier alpha value is -0.860. The van der Waals surface area contributed by atoms with E-state index >= 15 is 0 Å². The number of methoxy groups -OCH3 is 1. The maximum atomic E-state index is 10.0. The van der Waals surface area contributed by atoms with Gasteiger partial charge >= 0.3 is 0 Å². The molecule has 0 radical (unpaired) electrons. The smallest absolute Gasteiger partial charge is 0.108 e. The van der Waals surface area contributed by atoms with E-state index in [4.69, 9.17) is 4.74 Å². The van der Waals surface area contributed by atoms with E-state index in [0.29, 0.717) is 5.92 Å². The van der Waals surface area contributed by atoms with Crippen LogP contribution < -0.4 is 0 Å². The van der Waals surface area contributed by atoms with Crippen LogP contribution in [0, 0.1) is 5.92 Å².